The molecule has 0 saturated carbocycles. The van der Waals surface area contributed by atoms with Crippen LogP contribution < -0.4 is 15.3 Å². The minimum Gasteiger partial charge on any atom is -0.378 e. The van der Waals surface area contributed by atoms with Crippen LogP contribution in [0.5, 0.6) is 0 Å². The third-order valence-electron chi connectivity index (χ3n) is 5.18. The number of hydrogen-bond acceptors (Lipinski definition) is 9. The molecule has 0 unspecified atom stereocenters. The summed E-state index contributed by atoms with van der Waals surface area (Å²) in [6.07, 6.45) is 1.39. The zero-order chi connectivity index (χ0) is 21.1. The summed E-state index contributed by atoms with van der Waals surface area (Å²) in [5.74, 6) is -0.611. The van der Waals surface area contributed by atoms with Crippen molar-refractivity contribution in [2.75, 3.05) is 62.3 Å². The van der Waals surface area contributed by atoms with Crippen LogP contribution in [0.1, 0.15) is 9.67 Å². The normalized spacial score (nSPS) is 18.4. The number of rotatable bonds is 5. The first-order chi connectivity index (χ1) is 14.5. The van der Waals surface area contributed by atoms with Crippen molar-refractivity contribution in [1.82, 2.24) is 14.8 Å². The number of nitrogens with one attached hydrogen (secondary N) is 1. The maximum absolute atomic E-state index is 13.0. The van der Waals surface area contributed by atoms with Gasteiger partial charge in [-0.15, -0.1) is 0 Å². The van der Waals surface area contributed by atoms with Gasteiger partial charge < -0.3 is 14.5 Å². The maximum Gasteiger partial charge on any atom is 0.286 e. The van der Waals surface area contributed by atoms with Crippen LogP contribution in [-0.4, -0.2) is 81.3 Å². The predicted octanol–water partition coefficient (Wildman–Crippen LogP) is 0.610. The van der Waals surface area contributed by atoms with Gasteiger partial charge in [-0.3, -0.25) is 10.0 Å². The van der Waals surface area contributed by atoms with Crippen LogP contribution in [0.25, 0.3) is 0 Å². The number of hydroxylamine groups is 1. The molecule has 2 aromatic rings. The van der Waals surface area contributed by atoms with E-state index in [1.54, 1.807) is 17.6 Å². The number of amides is 1. The van der Waals surface area contributed by atoms with Crippen LogP contribution in [0.4, 0.5) is 10.8 Å². The number of aromatic nitrogens is 1. The second kappa shape index (κ2) is 8.86. The number of anilines is 2. The summed E-state index contributed by atoms with van der Waals surface area (Å²) in [6.45, 7) is 4.55. The number of carbonyl (C=O) groups excluding carboxylic acids is 1. The monoisotopic (exact) mass is 453 g/mol. The molecule has 2 N–H and O–H groups in total. The third kappa shape index (κ3) is 4.27. The molecule has 3 heterocycles. The molecule has 0 aliphatic carbocycles. The van der Waals surface area contributed by atoms with Crippen molar-refractivity contribution < 1.29 is 23.2 Å². The van der Waals surface area contributed by atoms with Crippen LogP contribution in [0.15, 0.2) is 35.4 Å². The van der Waals surface area contributed by atoms with Crippen molar-refractivity contribution in [2.24, 2.45) is 0 Å². The molecule has 1 aromatic heterocycles. The average Bonchev–Trinajstić information content (AvgIpc) is 3.30. The van der Waals surface area contributed by atoms with Gasteiger partial charge in [-0.05, 0) is 24.3 Å². The Morgan fingerprint density at radius 3 is 2.33 bits per heavy atom. The zero-order valence-corrected chi connectivity index (χ0v) is 17.9. The first-order valence-corrected chi connectivity index (χ1v) is 11.8. The van der Waals surface area contributed by atoms with E-state index in [4.69, 9.17) is 9.94 Å². The molecule has 0 bridgehead atoms. The predicted molar refractivity (Wildman–Crippen MR) is 112 cm³/mol. The van der Waals surface area contributed by atoms with Gasteiger partial charge in [-0.1, -0.05) is 11.3 Å². The number of sulfonamides is 1. The molecule has 1 aromatic carbocycles. The van der Waals surface area contributed by atoms with Crippen molar-refractivity contribution in [3.63, 3.8) is 0 Å². The van der Waals surface area contributed by atoms with Crippen molar-refractivity contribution in [1.29, 1.82) is 0 Å². The molecule has 162 valence electrons. The highest BCUT2D eigenvalue weighted by atomic mass is 32.2. The number of ether oxygens (including phenoxy) is 1. The lowest BCUT2D eigenvalue weighted by Gasteiger charge is -2.34. The fourth-order valence-electron chi connectivity index (χ4n) is 3.49. The van der Waals surface area contributed by atoms with Crippen molar-refractivity contribution >= 4 is 38.1 Å². The summed E-state index contributed by atoms with van der Waals surface area (Å²) in [5.41, 5.74) is 2.58. The van der Waals surface area contributed by atoms with Gasteiger partial charge in [0.15, 0.2) is 5.13 Å². The van der Waals surface area contributed by atoms with E-state index in [0.29, 0.717) is 49.4 Å². The number of nitrogens with zero attached hydrogens (tertiary/aromatic N) is 4. The average molecular weight is 454 g/mol. The lowest BCUT2D eigenvalue weighted by Crippen LogP contribution is -2.48. The molecule has 2 saturated heterocycles. The fourth-order valence-corrected chi connectivity index (χ4v) is 5.77. The highest BCUT2D eigenvalue weighted by Crippen LogP contribution is 2.26. The number of thiazole rings is 1. The molecule has 1 amide bonds. The largest absolute Gasteiger partial charge is 0.378 e. The van der Waals surface area contributed by atoms with Gasteiger partial charge in [0.05, 0.1) is 24.3 Å². The summed E-state index contributed by atoms with van der Waals surface area (Å²) in [4.78, 5) is 20.4. The number of hydrogen-bond donors (Lipinski definition) is 2. The Morgan fingerprint density at radius 1 is 1.03 bits per heavy atom. The van der Waals surface area contributed by atoms with E-state index in [-0.39, 0.29) is 4.90 Å². The van der Waals surface area contributed by atoms with Crippen LogP contribution in [-0.2, 0) is 14.8 Å². The van der Waals surface area contributed by atoms with Crippen molar-refractivity contribution in [2.45, 2.75) is 4.90 Å². The Bertz CT molecular complexity index is 981. The standard InChI is InChI=1S/C18H23N5O5S2/c24-17(20-25)16-13-19-18(29-16)22-5-7-23(8-6-22)30(26,27)15-3-1-14(2-4-15)21-9-11-28-12-10-21/h1-4,13,25H,5-12H2,(H,20,24). The zero-order valence-electron chi connectivity index (χ0n) is 16.2. The first kappa shape index (κ1) is 21.0. The molecular formula is C18H23N5O5S2. The number of morpholine rings is 1. The topological polar surface area (TPSA) is 115 Å². The van der Waals surface area contributed by atoms with E-state index in [9.17, 15) is 13.2 Å². The smallest absolute Gasteiger partial charge is 0.286 e. The molecule has 2 aliphatic heterocycles. The van der Waals surface area contributed by atoms with Crippen LogP contribution in [0.3, 0.4) is 0 Å². The van der Waals surface area contributed by atoms with E-state index in [1.807, 2.05) is 17.0 Å². The molecule has 2 aliphatic rings. The Morgan fingerprint density at radius 2 is 1.70 bits per heavy atom. The molecule has 0 radical (unpaired) electrons. The molecule has 12 heteroatoms. The summed E-state index contributed by atoms with van der Waals surface area (Å²) in [6, 6.07) is 7.01. The van der Waals surface area contributed by atoms with Gasteiger partial charge >= 0.3 is 0 Å². The van der Waals surface area contributed by atoms with E-state index in [2.05, 4.69) is 9.88 Å². The van der Waals surface area contributed by atoms with Crippen molar-refractivity contribution in [3.8, 4) is 0 Å². The Labute approximate surface area is 178 Å². The van der Waals surface area contributed by atoms with Gasteiger partial charge in [0.2, 0.25) is 10.0 Å². The van der Waals surface area contributed by atoms with E-state index in [1.165, 1.54) is 10.5 Å². The summed E-state index contributed by atoms with van der Waals surface area (Å²) in [7, 11) is -3.58. The van der Waals surface area contributed by atoms with Gasteiger partial charge in [-0.2, -0.15) is 4.31 Å². The minimum atomic E-state index is -3.58. The molecule has 30 heavy (non-hydrogen) atoms. The van der Waals surface area contributed by atoms with E-state index < -0.39 is 15.9 Å². The molecule has 0 spiro atoms. The molecule has 2 fully saturated rings. The summed E-state index contributed by atoms with van der Waals surface area (Å²) >= 11 is 1.15. The van der Waals surface area contributed by atoms with Crippen LogP contribution >= 0.6 is 11.3 Å². The maximum atomic E-state index is 13.0. The first-order valence-electron chi connectivity index (χ1n) is 9.57. The second-order valence-electron chi connectivity index (χ2n) is 6.93. The van der Waals surface area contributed by atoms with Gasteiger partial charge in [0.25, 0.3) is 5.91 Å². The van der Waals surface area contributed by atoms with Gasteiger partial charge in [0, 0.05) is 45.0 Å². The number of benzene rings is 1. The SMILES string of the molecule is O=C(NO)c1cnc(N2CCN(S(=O)(=O)c3ccc(N4CCOCC4)cc3)CC2)s1. The van der Waals surface area contributed by atoms with Gasteiger partial charge in [-0.25, -0.2) is 18.9 Å². The summed E-state index contributed by atoms with van der Waals surface area (Å²) in [5, 5.41) is 9.34. The Kier molecular flexibility index (Phi) is 6.20. The van der Waals surface area contributed by atoms with Crippen molar-refractivity contribution in [3.05, 3.63) is 35.3 Å². The minimum absolute atomic E-state index is 0.282. The lowest BCUT2D eigenvalue weighted by atomic mass is 10.2. The molecule has 10 nitrogen and oxygen atoms in total. The number of carbonyl (C=O) groups is 1. The van der Waals surface area contributed by atoms with Crippen LogP contribution in [0, 0.1) is 0 Å². The highest BCUT2D eigenvalue weighted by Gasteiger charge is 2.29. The summed E-state index contributed by atoms with van der Waals surface area (Å²) < 4.78 is 32.9. The number of piperazine rings is 1. The second-order valence-corrected chi connectivity index (χ2v) is 9.88. The lowest BCUT2D eigenvalue weighted by molar-refractivity contribution is 0.0710. The Hall–Kier alpha value is -2.25. The third-order valence-corrected chi connectivity index (χ3v) is 8.15. The fraction of sp³-hybridized carbons (Fsp3) is 0.444. The van der Waals surface area contributed by atoms with Gasteiger partial charge in [0.1, 0.15) is 4.88 Å². The Balaban J connectivity index is 1.39. The van der Waals surface area contributed by atoms with Crippen LogP contribution in [0.2, 0.25) is 0 Å². The van der Waals surface area contributed by atoms with E-state index >= 15 is 0 Å². The van der Waals surface area contributed by atoms with E-state index in [0.717, 1.165) is 30.1 Å². The molecule has 0 atom stereocenters. The molecular weight excluding hydrogens is 430 g/mol. The molecule has 4 rings (SSSR count). The highest BCUT2D eigenvalue weighted by molar-refractivity contribution is 7.89. The quantitative estimate of drug-likeness (QED) is 0.500.